The Morgan fingerprint density at radius 2 is 1.92 bits per heavy atom. The van der Waals surface area contributed by atoms with E-state index in [2.05, 4.69) is 10.3 Å². The third kappa shape index (κ3) is 1.88. The van der Waals surface area contributed by atoms with Crippen LogP contribution in [0.4, 0.5) is 5.69 Å². The number of hydrogen-bond acceptors (Lipinski definition) is 8. The second kappa shape index (κ2) is 4.86. The molecule has 3 aliphatic rings. The van der Waals surface area contributed by atoms with Crippen LogP contribution in [-0.4, -0.2) is 49.4 Å². The molecule has 0 saturated carbocycles. The van der Waals surface area contributed by atoms with Crippen LogP contribution in [0.25, 0.3) is 0 Å². The molecular formula is C16H17N3O5. The second-order valence-corrected chi connectivity index (χ2v) is 6.15. The summed E-state index contributed by atoms with van der Waals surface area (Å²) in [7, 11) is 1.70. The summed E-state index contributed by atoms with van der Waals surface area (Å²) >= 11 is 0. The van der Waals surface area contributed by atoms with Crippen LogP contribution in [0.1, 0.15) is 13.3 Å². The van der Waals surface area contributed by atoms with Crippen LogP contribution < -0.4 is 15.0 Å². The highest BCUT2D eigenvalue weighted by molar-refractivity contribution is 6.31. The number of likely N-dealkylation sites (N-methyl/N-ethyl adjacent to an activating group) is 1. The monoisotopic (exact) mass is 331 g/mol. The Kier molecular flexibility index (Phi) is 3.00. The quantitative estimate of drug-likeness (QED) is 0.620. The van der Waals surface area contributed by atoms with Crippen LogP contribution in [0.5, 0.6) is 5.75 Å². The zero-order valence-electron chi connectivity index (χ0n) is 13.4. The van der Waals surface area contributed by atoms with Crippen molar-refractivity contribution in [2.24, 2.45) is 4.99 Å². The first kappa shape index (κ1) is 14.8. The van der Waals surface area contributed by atoms with Gasteiger partial charge in [-0.05, 0) is 19.1 Å². The normalized spacial score (nSPS) is 27.1. The molecule has 0 aliphatic carbocycles. The van der Waals surface area contributed by atoms with Crippen LogP contribution in [0.2, 0.25) is 0 Å². The number of para-hydroxylation sites is 2. The Morgan fingerprint density at radius 3 is 2.58 bits per heavy atom. The molecule has 1 aromatic rings. The molecule has 1 fully saturated rings. The van der Waals surface area contributed by atoms with E-state index < -0.39 is 23.5 Å². The molecule has 1 aromatic carbocycles. The minimum atomic E-state index is -1.68. The van der Waals surface area contributed by atoms with Crippen molar-refractivity contribution in [3.05, 3.63) is 24.3 Å². The largest absolute Gasteiger partial charge is 0.474 e. The SMILES string of the molecule is CN1c2ccccc2OC(C)(CC2=NCCN2)C12OC(=O)C(=O)O2. The number of amidine groups is 1. The van der Waals surface area contributed by atoms with Gasteiger partial charge in [0.15, 0.2) is 0 Å². The highest BCUT2D eigenvalue weighted by Crippen LogP contribution is 2.49. The van der Waals surface area contributed by atoms with Gasteiger partial charge in [-0.1, -0.05) is 12.1 Å². The molecule has 1 unspecified atom stereocenters. The lowest BCUT2D eigenvalue weighted by molar-refractivity contribution is -0.249. The van der Waals surface area contributed by atoms with Crippen LogP contribution in [-0.2, 0) is 19.1 Å². The standard InChI is InChI=1S/C16H17N3O5/c1-15(9-12-17-7-8-18-12)16(23-13(20)14(21)24-16)19(2)10-5-3-4-6-11(10)22-15/h3-6H,7-9H2,1-2H3,(H,17,18). The molecule has 8 nitrogen and oxygen atoms in total. The number of carbonyl (C=O) groups excluding carboxylic acids is 2. The summed E-state index contributed by atoms with van der Waals surface area (Å²) in [6.07, 6.45) is 0.298. The molecule has 1 saturated heterocycles. The molecular weight excluding hydrogens is 314 g/mol. The van der Waals surface area contributed by atoms with Gasteiger partial charge in [0.05, 0.1) is 18.7 Å². The fourth-order valence-corrected chi connectivity index (χ4v) is 3.38. The first-order chi connectivity index (χ1) is 11.5. The first-order valence-electron chi connectivity index (χ1n) is 7.71. The van der Waals surface area contributed by atoms with Crippen molar-refractivity contribution in [1.29, 1.82) is 0 Å². The number of aliphatic imine (C=N–C) groups is 1. The van der Waals surface area contributed by atoms with Gasteiger partial charge >= 0.3 is 17.8 Å². The number of anilines is 1. The number of esters is 2. The van der Waals surface area contributed by atoms with Gasteiger partial charge in [-0.3, -0.25) is 9.89 Å². The van der Waals surface area contributed by atoms with Gasteiger partial charge in [-0.2, -0.15) is 0 Å². The van der Waals surface area contributed by atoms with Crippen molar-refractivity contribution < 1.29 is 23.8 Å². The summed E-state index contributed by atoms with van der Waals surface area (Å²) in [6, 6.07) is 7.31. The van der Waals surface area contributed by atoms with Crippen LogP contribution in [0.3, 0.4) is 0 Å². The Bertz CT molecular complexity index is 746. The second-order valence-electron chi connectivity index (χ2n) is 6.15. The van der Waals surface area contributed by atoms with Crippen molar-refractivity contribution in [1.82, 2.24) is 5.32 Å². The lowest BCUT2D eigenvalue weighted by Crippen LogP contribution is -2.69. The zero-order valence-corrected chi connectivity index (χ0v) is 13.4. The third-order valence-electron chi connectivity index (χ3n) is 4.55. The molecule has 0 aromatic heterocycles. The van der Waals surface area contributed by atoms with E-state index in [1.165, 1.54) is 0 Å². The molecule has 1 atom stereocenters. The van der Waals surface area contributed by atoms with E-state index in [1.54, 1.807) is 18.9 Å². The minimum Gasteiger partial charge on any atom is -0.474 e. The summed E-state index contributed by atoms with van der Waals surface area (Å²) < 4.78 is 17.0. The number of benzene rings is 1. The van der Waals surface area contributed by atoms with Crippen molar-refractivity contribution in [2.45, 2.75) is 24.9 Å². The van der Waals surface area contributed by atoms with Crippen LogP contribution >= 0.6 is 0 Å². The maximum absolute atomic E-state index is 11.8. The van der Waals surface area contributed by atoms with Gasteiger partial charge in [0, 0.05) is 13.6 Å². The van der Waals surface area contributed by atoms with E-state index in [0.717, 1.165) is 12.4 Å². The van der Waals surface area contributed by atoms with E-state index in [1.807, 2.05) is 24.3 Å². The maximum atomic E-state index is 11.8. The summed E-state index contributed by atoms with van der Waals surface area (Å²) in [5, 5.41) is 3.17. The maximum Gasteiger partial charge on any atom is 0.422 e. The van der Waals surface area contributed by atoms with Crippen molar-refractivity contribution in [2.75, 3.05) is 25.0 Å². The molecule has 3 aliphatic heterocycles. The number of hydrogen-bond donors (Lipinski definition) is 1. The zero-order chi connectivity index (χ0) is 16.9. The summed E-state index contributed by atoms with van der Waals surface area (Å²) in [6.45, 7) is 3.16. The summed E-state index contributed by atoms with van der Waals surface area (Å²) in [5.41, 5.74) is -0.493. The van der Waals surface area contributed by atoms with E-state index in [-0.39, 0.29) is 0 Å². The number of ether oxygens (including phenoxy) is 3. The van der Waals surface area contributed by atoms with Crippen molar-refractivity contribution >= 4 is 23.5 Å². The van der Waals surface area contributed by atoms with Crippen molar-refractivity contribution in [3.8, 4) is 5.75 Å². The number of nitrogens with zero attached hydrogens (tertiary/aromatic N) is 2. The number of carbonyl (C=O) groups is 2. The van der Waals surface area contributed by atoms with Gasteiger partial charge in [0.2, 0.25) is 5.60 Å². The summed E-state index contributed by atoms with van der Waals surface area (Å²) in [5.74, 6) is -2.40. The Hall–Kier alpha value is -2.77. The molecule has 1 spiro atoms. The highest BCUT2D eigenvalue weighted by atomic mass is 16.8. The Labute approximate surface area is 138 Å². The fraction of sp³-hybridized carbons (Fsp3) is 0.438. The van der Waals surface area contributed by atoms with Crippen molar-refractivity contribution in [3.63, 3.8) is 0 Å². The lowest BCUT2D eigenvalue weighted by atomic mass is 9.92. The van der Waals surface area contributed by atoms with E-state index in [4.69, 9.17) is 14.2 Å². The van der Waals surface area contributed by atoms with Gasteiger partial charge < -0.3 is 19.5 Å². The van der Waals surface area contributed by atoms with Gasteiger partial charge in [-0.25, -0.2) is 9.59 Å². The predicted octanol–water partition coefficient (Wildman–Crippen LogP) is 0.419. The lowest BCUT2D eigenvalue weighted by Gasteiger charge is -2.50. The molecule has 126 valence electrons. The smallest absolute Gasteiger partial charge is 0.422 e. The van der Waals surface area contributed by atoms with Gasteiger partial charge in [0.1, 0.15) is 11.6 Å². The minimum absolute atomic E-state index is 0.298. The number of rotatable bonds is 2. The molecule has 0 amide bonds. The summed E-state index contributed by atoms with van der Waals surface area (Å²) in [4.78, 5) is 29.6. The van der Waals surface area contributed by atoms with E-state index in [9.17, 15) is 9.59 Å². The average Bonchev–Trinajstić information content (AvgIpc) is 3.15. The molecule has 24 heavy (non-hydrogen) atoms. The topological polar surface area (TPSA) is 89.5 Å². The molecule has 4 rings (SSSR count). The van der Waals surface area contributed by atoms with Gasteiger partial charge in [0.25, 0.3) is 0 Å². The predicted molar refractivity (Wildman–Crippen MR) is 83.7 cm³/mol. The molecule has 0 radical (unpaired) electrons. The fourth-order valence-electron chi connectivity index (χ4n) is 3.38. The van der Waals surface area contributed by atoms with E-state index >= 15 is 0 Å². The average molecular weight is 331 g/mol. The van der Waals surface area contributed by atoms with Crippen LogP contribution in [0, 0.1) is 0 Å². The molecule has 1 N–H and O–H groups in total. The molecule has 0 bridgehead atoms. The first-order valence-corrected chi connectivity index (χ1v) is 7.71. The molecule has 8 heteroatoms. The van der Waals surface area contributed by atoms with Gasteiger partial charge in [-0.15, -0.1) is 0 Å². The van der Waals surface area contributed by atoms with E-state index in [0.29, 0.717) is 24.4 Å². The number of nitrogens with one attached hydrogen (secondary N) is 1. The highest BCUT2D eigenvalue weighted by Gasteiger charge is 2.68. The van der Waals surface area contributed by atoms with Crippen LogP contribution in [0.15, 0.2) is 29.3 Å². The third-order valence-corrected chi connectivity index (χ3v) is 4.55. The Balaban J connectivity index is 1.83. The molecule has 3 heterocycles. The Morgan fingerprint density at radius 1 is 1.21 bits per heavy atom. The number of fused-ring (bicyclic) bond motifs is 1.